The zero-order chi connectivity index (χ0) is 18.8. The lowest BCUT2D eigenvalue weighted by atomic mass is 10.2. The first-order valence-electron chi connectivity index (χ1n) is 8.60. The monoisotopic (exact) mass is 390 g/mol. The fourth-order valence-corrected chi connectivity index (χ4v) is 5.80. The summed E-state index contributed by atoms with van der Waals surface area (Å²) in [6, 6.07) is 1.76. The molecule has 1 saturated heterocycles. The molecule has 0 amide bonds. The second-order valence-electron chi connectivity index (χ2n) is 7.56. The molecule has 1 N–H and O–H groups in total. The van der Waals surface area contributed by atoms with Crippen LogP contribution < -0.4 is 0 Å². The minimum absolute atomic E-state index is 0.274. The minimum Gasteiger partial charge on any atom is -0.389 e. The smallest absolute Gasteiger partial charge is 0.244 e. The summed E-state index contributed by atoms with van der Waals surface area (Å²) in [4.78, 5) is 4.38. The van der Waals surface area contributed by atoms with Crippen LogP contribution in [0.4, 0.5) is 0 Å². The van der Waals surface area contributed by atoms with Crippen LogP contribution in [0, 0.1) is 13.8 Å². The molecular formula is C17H30N2O4S2. The molecule has 1 fully saturated rings. The van der Waals surface area contributed by atoms with Gasteiger partial charge in [0.2, 0.25) is 10.0 Å². The van der Waals surface area contributed by atoms with Crippen molar-refractivity contribution in [2.45, 2.75) is 51.2 Å². The predicted molar refractivity (Wildman–Crippen MR) is 101 cm³/mol. The average Bonchev–Trinajstić information content (AvgIpc) is 2.84. The normalized spacial score (nSPS) is 19.3. The van der Waals surface area contributed by atoms with E-state index in [0.717, 1.165) is 9.75 Å². The van der Waals surface area contributed by atoms with E-state index in [9.17, 15) is 13.5 Å². The third-order valence-corrected chi connectivity index (χ3v) is 7.24. The van der Waals surface area contributed by atoms with Crippen molar-refractivity contribution in [3.05, 3.63) is 15.8 Å². The largest absolute Gasteiger partial charge is 0.389 e. The van der Waals surface area contributed by atoms with Gasteiger partial charge < -0.3 is 9.84 Å². The lowest BCUT2D eigenvalue weighted by Gasteiger charge is -2.35. The van der Waals surface area contributed by atoms with Gasteiger partial charge in [0.15, 0.2) is 0 Å². The maximum absolute atomic E-state index is 12.8. The molecule has 1 atom stereocenters. The summed E-state index contributed by atoms with van der Waals surface area (Å²) in [6.07, 6.45) is -0.566. The van der Waals surface area contributed by atoms with Crippen molar-refractivity contribution in [2.24, 2.45) is 0 Å². The molecule has 25 heavy (non-hydrogen) atoms. The third-order valence-electron chi connectivity index (χ3n) is 4.12. The van der Waals surface area contributed by atoms with Crippen molar-refractivity contribution in [1.29, 1.82) is 0 Å². The minimum atomic E-state index is -3.42. The molecule has 2 rings (SSSR count). The van der Waals surface area contributed by atoms with Gasteiger partial charge >= 0.3 is 0 Å². The van der Waals surface area contributed by atoms with Gasteiger partial charge in [0, 0.05) is 42.5 Å². The molecule has 0 aromatic carbocycles. The number of rotatable bonds is 6. The van der Waals surface area contributed by atoms with Gasteiger partial charge in [-0.05, 0) is 40.7 Å². The van der Waals surface area contributed by atoms with E-state index in [4.69, 9.17) is 4.74 Å². The SMILES string of the molecule is Cc1cc(S(=O)(=O)N2CCN(CC(O)COC(C)(C)C)CC2)c(C)s1. The topological polar surface area (TPSA) is 70.1 Å². The van der Waals surface area contributed by atoms with Crippen molar-refractivity contribution in [2.75, 3.05) is 39.3 Å². The first kappa shape index (κ1) is 20.8. The molecule has 144 valence electrons. The fourth-order valence-electron chi connectivity index (χ4n) is 2.85. The van der Waals surface area contributed by atoms with E-state index in [1.807, 2.05) is 34.6 Å². The number of aryl methyl sites for hydroxylation is 2. The molecule has 1 aliphatic heterocycles. The van der Waals surface area contributed by atoms with Gasteiger partial charge in [0.25, 0.3) is 0 Å². The molecule has 2 heterocycles. The van der Waals surface area contributed by atoms with E-state index in [1.54, 1.807) is 10.4 Å². The van der Waals surface area contributed by atoms with Crippen molar-refractivity contribution >= 4 is 21.4 Å². The summed E-state index contributed by atoms with van der Waals surface area (Å²) in [6.45, 7) is 12.6. The first-order valence-corrected chi connectivity index (χ1v) is 10.9. The molecule has 6 nitrogen and oxygen atoms in total. The van der Waals surface area contributed by atoms with Crippen LogP contribution in [0.2, 0.25) is 0 Å². The van der Waals surface area contributed by atoms with E-state index in [1.165, 1.54) is 11.3 Å². The van der Waals surface area contributed by atoms with Crippen LogP contribution in [0.15, 0.2) is 11.0 Å². The Morgan fingerprint density at radius 2 is 1.84 bits per heavy atom. The highest BCUT2D eigenvalue weighted by Gasteiger charge is 2.31. The van der Waals surface area contributed by atoms with Gasteiger partial charge in [-0.15, -0.1) is 11.3 Å². The fraction of sp³-hybridized carbons (Fsp3) is 0.765. The molecule has 1 aromatic rings. The zero-order valence-electron chi connectivity index (χ0n) is 15.8. The highest BCUT2D eigenvalue weighted by atomic mass is 32.2. The van der Waals surface area contributed by atoms with Gasteiger partial charge in [0.1, 0.15) is 0 Å². The summed E-state index contributed by atoms with van der Waals surface area (Å²) in [5.74, 6) is 0. The lowest BCUT2D eigenvalue weighted by molar-refractivity contribution is -0.0575. The Morgan fingerprint density at radius 3 is 2.32 bits per heavy atom. The summed E-state index contributed by atoms with van der Waals surface area (Å²) in [7, 11) is -3.42. The maximum Gasteiger partial charge on any atom is 0.244 e. The van der Waals surface area contributed by atoms with Gasteiger partial charge in [-0.3, -0.25) is 4.90 Å². The quantitative estimate of drug-likeness (QED) is 0.803. The second-order valence-corrected chi connectivity index (χ2v) is 10.9. The van der Waals surface area contributed by atoms with E-state index in [-0.39, 0.29) is 12.2 Å². The third kappa shape index (κ3) is 5.74. The van der Waals surface area contributed by atoms with Gasteiger partial charge in [0.05, 0.1) is 23.2 Å². The average molecular weight is 391 g/mol. The Labute approximate surface area is 155 Å². The molecule has 0 saturated carbocycles. The number of nitrogens with zero attached hydrogens (tertiary/aromatic N) is 2. The van der Waals surface area contributed by atoms with Crippen LogP contribution in [0.25, 0.3) is 0 Å². The van der Waals surface area contributed by atoms with Crippen LogP contribution >= 0.6 is 11.3 Å². The van der Waals surface area contributed by atoms with Crippen LogP contribution in [0.1, 0.15) is 30.5 Å². The number of aliphatic hydroxyl groups excluding tert-OH is 1. The number of hydrogen-bond acceptors (Lipinski definition) is 6. The van der Waals surface area contributed by atoms with Crippen molar-refractivity contribution in [3.8, 4) is 0 Å². The number of aliphatic hydroxyl groups is 1. The van der Waals surface area contributed by atoms with Crippen LogP contribution in [0.5, 0.6) is 0 Å². The number of hydrogen-bond donors (Lipinski definition) is 1. The molecule has 0 spiro atoms. The molecule has 8 heteroatoms. The number of thiophene rings is 1. The summed E-state index contributed by atoms with van der Waals surface area (Å²) in [5.41, 5.74) is -0.274. The first-order chi connectivity index (χ1) is 11.5. The summed E-state index contributed by atoms with van der Waals surface area (Å²) >= 11 is 1.51. The maximum atomic E-state index is 12.8. The Morgan fingerprint density at radius 1 is 1.24 bits per heavy atom. The standard InChI is InChI=1S/C17H30N2O4S2/c1-13-10-16(14(2)24-13)25(21,22)19-8-6-18(7-9-19)11-15(20)12-23-17(3,4)5/h10,15,20H,6-9,11-12H2,1-5H3. The Kier molecular flexibility index (Phi) is 6.67. The van der Waals surface area contributed by atoms with Gasteiger partial charge in [-0.2, -0.15) is 4.31 Å². The van der Waals surface area contributed by atoms with E-state index in [0.29, 0.717) is 37.6 Å². The predicted octanol–water partition coefficient (Wildman–Crippen LogP) is 1.85. The number of piperazine rings is 1. The van der Waals surface area contributed by atoms with E-state index < -0.39 is 16.1 Å². The molecule has 1 aromatic heterocycles. The summed E-state index contributed by atoms with van der Waals surface area (Å²) in [5, 5.41) is 10.1. The Bertz CT molecular complexity index is 671. The molecule has 0 bridgehead atoms. The van der Waals surface area contributed by atoms with Crippen LogP contribution in [0.3, 0.4) is 0 Å². The van der Waals surface area contributed by atoms with Crippen LogP contribution in [-0.4, -0.2) is 73.8 Å². The zero-order valence-corrected chi connectivity index (χ0v) is 17.4. The van der Waals surface area contributed by atoms with Crippen molar-refractivity contribution in [3.63, 3.8) is 0 Å². The number of β-amino-alcohol motifs (C(OH)–C–C–N with tert-alkyl or cyclic N) is 1. The lowest BCUT2D eigenvalue weighted by Crippen LogP contribution is -2.50. The molecule has 0 radical (unpaired) electrons. The summed E-state index contributed by atoms with van der Waals surface area (Å²) < 4.78 is 32.8. The van der Waals surface area contributed by atoms with Crippen LogP contribution in [-0.2, 0) is 14.8 Å². The highest BCUT2D eigenvalue weighted by Crippen LogP contribution is 2.28. The van der Waals surface area contributed by atoms with Gasteiger partial charge in [-0.25, -0.2) is 8.42 Å². The molecule has 1 unspecified atom stereocenters. The Balaban J connectivity index is 1.88. The molecule has 0 aliphatic carbocycles. The Hall–Kier alpha value is -0.510. The second kappa shape index (κ2) is 8.02. The van der Waals surface area contributed by atoms with Crippen molar-refractivity contribution in [1.82, 2.24) is 9.21 Å². The van der Waals surface area contributed by atoms with E-state index >= 15 is 0 Å². The number of ether oxygens (including phenoxy) is 1. The highest BCUT2D eigenvalue weighted by molar-refractivity contribution is 7.89. The number of sulfonamides is 1. The van der Waals surface area contributed by atoms with Gasteiger partial charge in [-0.1, -0.05) is 0 Å². The van der Waals surface area contributed by atoms with E-state index in [2.05, 4.69) is 4.90 Å². The van der Waals surface area contributed by atoms with Crippen molar-refractivity contribution < 1.29 is 18.3 Å². The molecule has 1 aliphatic rings. The molecular weight excluding hydrogens is 360 g/mol.